The van der Waals surface area contributed by atoms with Crippen molar-refractivity contribution in [1.82, 2.24) is 4.98 Å². The maximum absolute atomic E-state index is 11.3. The van der Waals surface area contributed by atoms with Crippen molar-refractivity contribution in [2.45, 2.75) is 0 Å². The van der Waals surface area contributed by atoms with Crippen LogP contribution >= 0.6 is 23.2 Å². The summed E-state index contributed by atoms with van der Waals surface area (Å²) in [6, 6.07) is 3.03. The van der Waals surface area contributed by atoms with E-state index in [1.165, 1.54) is 19.2 Å². The maximum atomic E-state index is 11.3. The van der Waals surface area contributed by atoms with Crippen molar-refractivity contribution in [2.24, 2.45) is 0 Å². The molecule has 4 nitrogen and oxygen atoms in total. The van der Waals surface area contributed by atoms with Crippen LogP contribution in [0.25, 0.3) is 10.9 Å². The van der Waals surface area contributed by atoms with Gasteiger partial charge in [0.2, 0.25) is 0 Å². The van der Waals surface area contributed by atoms with E-state index in [0.717, 1.165) is 0 Å². The minimum atomic E-state index is -0.666. The molecule has 1 aromatic carbocycles. The van der Waals surface area contributed by atoms with Gasteiger partial charge in [-0.3, -0.25) is 0 Å². The van der Waals surface area contributed by atoms with Gasteiger partial charge in [0.25, 0.3) is 0 Å². The van der Waals surface area contributed by atoms with Crippen molar-refractivity contribution in [1.29, 1.82) is 0 Å². The first-order valence-electron chi connectivity index (χ1n) is 4.32. The average molecular weight is 260 g/mol. The number of H-pyrrole nitrogens is 1. The summed E-state index contributed by atoms with van der Waals surface area (Å²) in [4.78, 5) is 14.0. The van der Waals surface area contributed by atoms with E-state index < -0.39 is 5.97 Å². The molecule has 84 valence electrons. The second-order valence-corrected chi connectivity index (χ2v) is 3.99. The Balaban J connectivity index is 2.77. The zero-order valence-electron chi connectivity index (χ0n) is 8.17. The van der Waals surface area contributed by atoms with Crippen LogP contribution in [0.15, 0.2) is 12.1 Å². The van der Waals surface area contributed by atoms with E-state index >= 15 is 0 Å². The molecule has 0 aliphatic heterocycles. The second kappa shape index (κ2) is 3.88. The lowest BCUT2D eigenvalue weighted by Gasteiger charge is -1.95. The van der Waals surface area contributed by atoms with Crippen molar-refractivity contribution in [3.05, 3.63) is 27.9 Å². The second-order valence-electron chi connectivity index (χ2n) is 3.15. The monoisotopic (exact) mass is 259 g/mol. The molecule has 1 heterocycles. The lowest BCUT2D eigenvalue weighted by atomic mass is 10.2. The number of halogens is 2. The molecule has 0 aliphatic carbocycles. The number of benzene rings is 1. The minimum Gasteiger partial charge on any atom is -0.505 e. The summed E-state index contributed by atoms with van der Waals surface area (Å²) in [5, 5.41) is 10.9. The first kappa shape index (κ1) is 11.1. The van der Waals surface area contributed by atoms with Gasteiger partial charge in [0.1, 0.15) is 0 Å². The Labute approximate surface area is 101 Å². The molecule has 2 rings (SSSR count). The van der Waals surface area contributed by atoms with Crippen LogP contribution in [-0.2, 0) is 4.74 Å². The van der Waals surface area contributed by atoms with Gasteiger partial charge >= 0.3 is 5.97 Å². The quantitative estimate of drug-likeness (QED) is 0.775. The molecule has 0 saturated heterocycles. The third kappa shape index (κ3) is 1.60. The topological polar surface area (TPSA) is 62.3 Å². The highest BCUT2D eigenvalue weighted by Crippen LogP contribution is 2.35. The van der Waals surface area contributed by atoms with Gasteiger partial charge in [-0.2, -0.15) is 0 Å². The molecule has 0 radical (unpaired) electrons. The van der Waals surface area contributed by atoms with E-state index in [1.807, 2.05) is 0 Å². The third-order valence-electron chi connectivity index (χ3n) is 2.19. The van der Waals surface area contributed by atoms with Crippen LogP contribution in [0.3, 0.4) is 0 Å². The predicted molar refractivity (Wildman–Crippen MR) is 61.3 cm³/mol. The van der Waals surface area contributed by atoms with Gasteiger partial charge in [0.15, 0.2) is 11.4 Å². The molecule has 0 fully saturated rings. The number of ether oxygens (including phenoxy) is 1. The fraction of sp³-hybridized carbons (Fsp3) is 0.100. The number of carbonyl (C=O) groups excluding carboxylic acids is 1. The number of methoxy groups -OCH3 is 1. The zero-order chi connectivity index (χ0) is 11.9. The first-order chi connectivity index (χ1) is 7.54. The van der Waals surface area contributed by atoms with Crippen molar-refractivity contribution in [3.63, 3.8) is 0 Å². The lowest BCUT2D eigenvalue weighted by Crippen LogP contribution is -2.01. The molecule has 0 aliphatic rings. The summed E-state index contributed by atoms with van der Waals surface area (Å²) < 4.78 is 4.51. The number of hydrogen-bond donors (Lipinski definition) is 2. The molecule has 0 spiro atoms. The van der Waals surface area contributed by atoms with E-state index in [4.69, 9.17) is 23.2 Å². The Morgan fingerprint density at radius 3 is 2.75 bits per heavy atom. The Kier molecular flexibility index (Phi) is 2.69. The highest BCUT2D eigenvalue weighted by Gasteiger charge is 2.19. The van der Waals surface area contributed by atoms with E-state index in [-0.39, 0.29) is 11.4 Å². The van der Waals surface area contributed by atoms with Crippen LogP contribution < -0.4 is 0 Å². The van der Waals surface area contributed by atoms with E-state index in [1.54, 1.807) is 0 Å². The summed E-state index contributed by atoms with van der Waals surface area (Å²) in [6.07, 6.45) is 0. The molecule has 1 aromatic heterocycles. The Morgan fingerprint density at radius 1 is 1.44 bits per heavy atom. The SMILES string of the molecule is COC(=O)c1[nH]c2c(Cl)cc(Cl)cc2c1O. The third-order valence-corrected chi connectivity index (χ3v) is 2.70. The molecule has 0 saturated carbocycles. The first-order valence-corrected chi connectivity index (χ1v) is 5.08. The number of hydrogen-bond acceptors (Lipinski definition) is 3. The van der Waals surface area contributed by atoms with Gasteiger partial charge in [0.05, 0.1) is 17.6 Å². The number of esters is 1. The number of carbonyl (C=O) groups is 1. The lowest BCUT2D eigenvalue weighted by molar-refractivity contribution is 0.0592. The summed E-state index contributed by atoms with van der Waals surface area (Å²) in [5.41, 5.74) is 0.408. The number of aromatic amines is 1. The fourth-order valence-corrected chi connectivity index (χ4v) is 2.00. The Bertz CT molecular complexity index is 577. The van der Waals surface area contributed by atoms with E-state index in [2.05, 4.69) is 9.72 Å². The Morgan fingerprint density at radius 2 is 2.12 bits per heavy atom. The largest absolute Gasteiger partial charge is 0.505 e. The van der Waals surface area contributed by atoms with Gasteiger partial charge < -0.3 is 14.8 Å². The maximum Gasteiger partial charge on any atom is 0.358 e. The van der Waals surface area contributed by atoms with Crippen molar-refractivity contribution >= 4 is 40.1 Å². The standard InChI is InChI=1S/C10H7Cl2NO3/c1-16-10(15)8-9(14)5-2-4(11)3-6(12)7(5)13-8/h2-3,13-14H,1H3. The molecule has 2 N–H and O–H groups in total. The number of aromatic hydroxyl groups is 1. The fourth-order valence-electron chi connectivity index (χ4n) is 1.46. The normalized spacial score (nSPS) is 10.7. The molecule has 0 unspecified atom stereocenters. The van der Waals surface area contributed by atoms with Crippen molar-refractivity contribution in [2.75, 3.05) is 7.11 Å². The summed E-state index contributed by atoms with van der Waals surface area (Å²) in [5.74, 6) is -0.882. The zero-order valence-corrected chi connectivity index (χ0v) is 9.69. The molecule has 16 heavy (non-hydrogen) atoms. The average Bonchev–Trinajstić information content (AvgIpc) is 2.56. The van der Waals surface area contributed by atoms with Crippen LogP contribution in [0, 0.1) is 0 Å². The molecule has 0 amide bonds. The number of aromatic nitrogens is 1. The van der Waals surface area contributed by atoms with Gasteiger partial charge in [-0.1, -0.05) is 23.2 Å². The molecule has 0 bridgehead atoms. The molecule has 0 atom stereocenters. The van der Waals surface area contributed by atoms with Crippen LogP contribution in [-0.4, -0.2) is 23.2 Å². The van der Waals surface area contributed by atoms with E-state index in [9.17, 15) is 9.90 Å². The molecule has 2 aromatic rings. The molecular weight excluding hydrogens is 253 g/mol. The highest BCUT2D eigenvalue weighted by atomic mass is 35.5. The van der Waals surface area contributed by atoms with Gasteiger partial charge in [-0.25, -0.2) is 4.79 Å². The van der Waals surface area contributed by atoms with Gasteiger partial charge in [-0.05, 0) is 12.1 Å². The van der Waals surface area contributed by atoms with E-state index in [0.29, 0.717) is 20.9 Å². The highest BCUT2D eigenvalue weighted by molar-refractivity contribution is 6.38. The smallest absolute Gasteiger partial charge is 0.358 e. The van der Waals surface area contributed by atoms with Gasteiger partial charge in [-0.15, -0.1) is 0 Å². The number of fused-ring (bicyclic) bond motifs is 1. The number of rotatable bonds is 1. The minimum absolute atomic E-state index is 0.0401. The number of nitrogens with one attached hydrogen (secondary N) is 1. The van der Waals surface area contributed by atoms with Crippen LogP contribution in [0.2, 0.25) is 10.0 Å². The summed E-state index contributed by atoms with van der Waals surface area (Å²) >= 11 is 11.7. The van der Waals surface area contributed by atoms with Crippen molar-refractivity contribution < 1.29 is 14.6 Å². The van der Waals surface area contributed by atoms with Crippen molar-refractivity contribution in [3.8, 4) is 5.75 Å². The van der Waals surface area contributed by atoms with Crippen LogP contribution in [0.1, 0.15) is 10.5 Å². The predicted octanol–water partition coefficient (Wildman–Crippen LogP) is 2.97. The van der Waals surface area contributed by atoms with Gasteiger partial charge in [0, 0.05) is 10.4 Å². The summed E-state index contributed by atoms with van der Waals surface area (Å²) in [6.45, 7) is 0. The van der Waals surface area contributed by atoms with Crippen LogP contribution in [0.4, 0.5) is 0 Å². The van der Waals surface area contributed by atoms with Crippen LogP contribution in [0.5, 0.6) is 5.75 Å². The Hall–Kier alpha value is -1.39. The summed E-state index contributed by atoms with van der Waals surface area (Å²) in [7, 11) is 1.22. The molecule has 6 heteroatoms. The molecular formula is C10H7Cl2NO3.